The number of aliphatic hydroxyl groups is 1. The topological polar surface area (TPSA) is 128 Å². The van der Waals surface area contributed by atoms with Gasteiger partial charge in [0.15, 0.2) is 6.04 Å². The molecule has 5 N–H and O–H groups in total. The Hall–Kier alpha value is -2.16. The fourth-order valence-electron chi connectivity index (χ4n) is 3.34. The van der Waals surface area contributed by atoms with Gasteiger partial charge in [0.25, 0.3) is 0 Å². The van der Waals surface area contributed by atoms with E-state index in [1.54, 1.807) is 24.3 Å². The second-order valence-electron chi connectivity index (χ2n) is 7.35. The molecule has 3 atom stereocenters. The smallest absolute Gasteiger partial charge is 0.328 e. The number of carbonyl (C=O) groups is 3. The summed E-state index contributed by atoms with van der Waals surface area (Å²) in [6.45, 7) is 3.15. The Morgan fingerprint density at radius 1 is 1.21 bits per heavy atom. The summed E-state index contributed by atoms with van der Waals surface area (Å²) in [5.74, 6) is -2.29. The third-order valence-electron chi connectivity index (χ3n) is 5.07. The number of halogens is 1. The Morgan fingerprint density at radius 3 is 2.38 bits per heavy atom. The Balaban J connectivity index is 2.04. The molecule has 0 aromatic heterocycles. The Bertz CT molecular complexity index is 705. The predicted molar refractivity (Wildman–Crippen MR) is 109 cm³/mol. The van der Waals surface area contributed by atoms with Gasteiger partial charge in [0, 0.05) is 29.8 Å². The Labute approximate surface area is 175 Å². The van der Waals surface area contributed by atoms with Crippen LogP contribution < -0.4 is 16.0 Å². The highest BCUT2D eigenvalue weighted by Gasteiger charge is 2.27. The van der Waals surface area contributed by atoms with E-state index in [2.05, 4.69) is 16.0 Å². The molecule has 2 rings (SSSR count). The summed E-state index contributed by atoms with van der Waals surface area (Å²) in [6.07, 6.45) is 0.272. The molecule has 0 radical (unpaired) electrons. The second kappa shape index (κ2) is 11.1. The van der Waals surface area contributed by atoms with E-state index < -0.39 is 24.0 Å². The second-order valence-corrected chi connectivity index (χ2v) is 7.78. The maximum atomic E-state index is 12.5. The van der Waals surface area contributed by atoms with Gasteiger partial charge >= 0.3 is 5.97 Å². The Morgan fingerprint density at radius 2 is 1.83 bits per heavy atom. The lowest BCUT2D eigenvalue weighted by molar-refractivity contribution is -0.144. The molecule has 160 valence electrons. The van der Waals surface area contributed by atoms with Gasteiger partial charge in [0.05, 0.1) is 6.10 Å². The summed E-state index contributed by atoms with van der Waals surface area (Å²) in [5.41, 5.74) is 0.805. The first-order valence-electron chi connectivity index (χ1n) is 9.72. The fraction of sp³-hybridized carbons (Fsp3) is 0.550. The highest BCUT2D eigenvalue weighted by Crippen LogP contribution is 2.22. The van der Waals surface area contributed by atoms with Crippen LogP contribution in [0.5, 0.6) is 0 Å². The third-order valence-corrected chi connectivity index (χ3v) is 5.32. The zero-order chi connectivity index (χ0) is 21.4. The summed E-state index contributed by atoms with van der Waals surface area (Å²) in [6, 6.07) is 5.57. The van der Waals surface area contributed by atoms with Crippen LogP contribution in [0, 0.1) is 5.92 Å². The van der Waals surface area contributed by atoms with Crippen LogP contribution in [-0.2, 0) is 14.4 Å². The number of rotatable bonds is 9. The molecule has 9 heteroatoms. The van der Waals surface area contributed by atoms with Crippen molar-refractivity contribution in [1.82, 2.24) is 16.0 Å². The molecular weight excluding hydrogens is 398 g/mol. The molecule has 29 heavy (non-hydrogen) atoms. The van der Waals surface area contributed by atoms with Crippen LogP contribution in [-0.4, -0.2) is 59.8 Å². The number of hydrogen-bond acceptors (Lipinski definition) is 5. The molecule has 1 aliphatic rings. The molecular formula is C20H28ClN3O5. The molecule has 8 nitrogen and oxygen atoms in total. The van der Waals surface area contributed by atoms with Crippen LogP contribution in [0.4, 0.5) is 0 Å². The van der Waals surface area contributed by atoms with Crippen LogP contribution in [0.15, 0.2) is 24.3 Å². The molecule has 1 saturated heterocycles. The van der Waals surface area contributed by atoms with E-state index in [4.69, 9.17) is 16.7 Å². The quantitative estimate of drug-likeness (QED) is 0.399. The number of aliphatic carboxylic acids is 1. The van der Waals surface area contributed by atoms with E-state index in [0.717, 1.165) is 31.5 Å². The van der Waals surface area contributed by atoms with Crippen molar-refractivity contribution in [1.29, 1.82) is 0 Å². The average Bonchev–Trinajstić information content (AvgIpc) is 2.70. The lowest BCUT2D eigenvalue weighted by atomic mass is 9.93. The number of carboxylic acid groups (broad SMARTS) is 1. The van der Waals surface area contributed by atoms with Crippen LogP contribution in [0.3, 0.4) is 0 Å². The highest BCUT2D eigenvalue weighted by atomic mass is 35.5. The monoisotopic (exact) mass is 425 g/mol. The van der Waals surface area contributed by atoms with Crippen molar-refractivity contribution in [2.75, 3.05) is 19.6 Å². The minimum absolute atomic E-state index is 0.0371. The van der Waals surface area contributed by atoms with Crippen molar-refractivity contribution < 1.29 is 24.6 Å². The van der Waals surface area contributed by atoms with Gasteiger partial charge < -0.3 is 26.2 Å². The van der Waals surface area contributed by atoms with E-state index >= 15 is 0 Å². The molecule has 1 fully saturated rings. The van der Waals surface area contributed by atoms with Crippen LogP contribution in [0.1, 0.15) is 37.7 Å². The zero-order valence-electron chi connectivity index (χ0n) is 16.4. The van der Waals surface area contributed by atoms with Crippen molar-refractivity contribution >= 4 is 29.4 Å². The number of carbonyl (C=O) groups excluding carboxylic acids is 2. The van der Waals surface area contributed by atoms with Gasteiger partial charge in [-0.15, -0.1) is 0 Å². The van der Waals surface area contributed by atoms with Crippen LogP contribution in [0.2, 0.25) is 5.02 Å². The largest absolute Gasteiger partial charge is 0.480 e. The number of benzene rings is 1. The van der Waals surface area contributed by atoms with Crippen LogP contribution >= 0.6 is 11.6 Å². The number of aliphatic hydroxyl groups excluding tert-OH is 1. The third kappa shape index (κ3) is 7.30. The molecule has 0 saturated carbocycles. The van der Waals surface area contributed by atoms with Crippen molar-refractivity contribution in [2.45, 2.75) is 44.2 Å². The number of amides is 2. The molecule has 0 aliphatic carbocycles. The summed E-state index contributed by atoms with van der Waals surface area (Å²) < 4.78 is 0. The molecule has 1 aromatic carbocycles. The van der Waals surface area contributed by atoms with Gasteiger partial charge in [-0.2, -0.15) is 0 Å². The SMILES string of the molecule is CC(O)[C@H](NC(=O)C[C@@H](CNC(=O)C1CCNCC1)c1ccc(Cl)cc1)C(=O)O. The number of nitrogens with one attached hydrogen (secondary N) is 3. The maximum absolute atomic E-state index is 12.5. The average molecular weight is 426 g/mol. The lowest BCUT2D eigenvalue weighted by Crippen LogP contribution is -2.48. The number of piperidine rings is 1. The van der Waals surface area contributed by atoms with E-state index in [0.29, 0.717) is 5.02 Å². The fourth-order valence-corrected chi connectivity index (χ4v) is 3.47. The first kappa shape index (κ1) is 23.1. The lowest BCUT2D eigenvalue weighted by Gasteiger charge is -2.24. The first-order chi connectivity index (χ1) is 13.8. The summed E-state index contributed by atoms with van der Waals surface area (Å²) in [4.78, 5) is 36.1. The summed E-state index contributed by atoms with van der Waals surface area (Å²) in [5, 5.41) is 27.7. The number of hydrogen-bond donors (Lipinski definition) is 5. The van der Waals surface area contributed by atoms with Gasteiger partial charge in [0.1, 0.15) is 0 Å². The van der Waals surface area contributed by atoms with Gasteiger partial charge in [-0.25, -0.2) is 4.79 Å². The normalized spacial score (nSPS) is 17.8. The van der Waals surface area contributed by atoms with Crippen molar-refractivity contribution in [3.8, 4) is 0 Å². The van der Waals surface area contributed by atoms with Crippen molar-refractivity contribution in [2.24, 2.45) is 5.92 Å². The minimum atomic E-state index is -1.39. The number of carboxylic acids is 1. The van der Waals surface area contributed by atoms with Crippen molar-refractivity contribution in [3.05, 3.63) is 34.9 Å². The molecule has 0 spiro atoms. The Kier molecular flexibility index (Phi) is 8.88. The maximum Gasteiger partial charge on any atom is 0.328 e. The standard InChI is InChI=1S/C20H28ClN3O5/c1-12(25)18(20(28)29)24-17(26)10-15(13-2-4-16(21)5-3-13)11-23-19(27)14-6-8-22-9-7-14/h2-5,12,14-15,18,22,25H,6-11H2,1H3,(H,23,27)(H,24,26)(H,28,29)/t12?,15-,18-/m0/s1. The van der Waals surface area contributed by atoms with E-state index in [1.807, 2.05) is 0 Å². The molecule has 1 aromatic rings. The molecule has 1 heterocycles. The first-order valence-corrected chi connectivity index (χ1v) is 10.1. The van der Waals surface area contributed by atoms with Gasteiger partial charge in [-0.1, -0.05) is 23.7 Å². The van der Waals surface area contributed by atoms with Gasteiger partial charge in [-0.05, 0) is 50.6 Å². The summed E-state index contributed by atoms with van der Waals surface area (Å²) in [7, 11) is 0. The summed E-state index contributed by atoms with van der Waals surface area (Å²) >= 11 is 5.94. The molecule has 1 aliphatic heterocycles. The minimum Gasteiger partial charge on any atom is -0.480 e. The van der Waals surface area contributed by atoms with E-state index in [1.165, 1.54) is 6.92 Å². The molecule has 2 amide bonds. The van der Waals surface area contributed by atoms with Crippen molar-refractivity contribution in [3.63, 3.8) is 0 Å². The predicted octanol–water partition coefficient (Wildman–Crippen LogP) is 0.880. The zero-order valence-corrected chi connectivity index (χ0v) is 17.1. The van der Waals surface area contributed by atoms with E-state index in [9.17, 15) is 19.5 Å². The van der Waals surface area contributed by atoms with Gasteiger partial charge in [-0.3, -0.25) is 9.59 Å². The van der Waals surface area contributed by atoms with Gasteiger partial charge in [0.2, 0.25) is 11.8 Å². The molecule has 1 unspecified atom stereocenters. The highest BCUT2D eigenvalue weighted by molar-refractivity contribution is 6.30. The molecule has 0 bridgehead atoms. The van der Waals surface area contributed by atoms with E-state index in [-0.39, 0.29) is 30.7 Å². The van der Waals surface area contributed by atoms with Crippen LogP contribution in [0.25, 0.3) is 0 Å².